The van der Waals surface area contributed by atoms with Crippen molar-refractivity contribution in [2.24, 2.45) is 0 Å². The van der Waals surface area contributed by atoms with Crippen LogP contribution in [0.4, 0.5) is 0 Å². The van der Waals surface area contributed by atoms with E-state index in [-0.39, 0.29) is 37.7 Å². The van der Waals surface area contributed by atoms with Crippen LogP contribution in [0.5, 0.6) is 0 Å². The highest BCUT2D eigenvalue weighted by Gasteiger charge is 2.54. The van der Waals surface area contributed by atoms with Gasteiger partial charge in [-0.1, -0.05) is 40.1 Å². The molecule has 10 heteroatoms. The fraction of sp³-hybridized carbons (Fsp3) is 0.476. The fourth-order valence-corrected chi connectivity index (χ4v) is 4.10. The number of benzene rings is 1. The number of amides is 3. The van der Waals surface area contributed by atoms with E-state index >= 15 is 0 Å². The van der Waals surface area contributed by atoms with Crippen LogP contribution in [0, 0.1) is 6.92 Å². The molecule has 9 nitrogen and oxygen atoms in total. The van der Waals surface area contributed by atoms with Crippen molar-refractivity contribution >= 4 is 29.3 Å². The van der Waals surface area contributed by atoms with Crippen molar-refractivity contribution in [1.82, 2.24) is 20.1 Å². The summed E-state index contributed by atoms with van der Waals surface area (Å²) in [5.74, 6) is -1.06. The molecule has 31 heavy (non-hydrogen) atoms. The second-order valence-electron chi connectivity index (χ2n) is 7.66. The Bertz CT molecular complexity index is 978. The summed E-state index contributed by atoms with van der Waals surface area (Å²) < 4.78 is 9.72. The number of imide groups is 1. The minimum Gasteiger partial charge on any atom is -0.385 e. The lowest BCUT2D eigenvalue weighted by atomic mass is 9.75. The molecular formula is C21H25ClN4O5. The fourth-order valence-electron chi connectivity index (χ4n) is 3.79. The Morgan fingerprint density at radius 2 is 2.06 bits per heavy atom. The number of likely N-dealkylation sites (tertiary alicyclic amines) is 1. The Hall–Kier alpha value is -2.78. The molecule has 0 bridgehead atoms. The summed E-state index contributed by atoms with van der Waals surface area (Å²) in [6, 6.07) is 6.84. The first kappa shape index (κ1) is 22.9. The van der Waals surface area contributed by atoms with Gasteiger partial charge in [-0.3, -0.25) is 19.3 Å². The second-order valence-corrected chi connectivity index (χ2v) is 8.07. The molecule has 0 N–H and O–H groups in total. The van der Waals surface area contributed by atoms with Crippen LogP contribution in [-0.2, 0) is 31.1 Å². The normalized spacial score (nSPS) is 18.6. The highest BCUT2D eigenvalue weighted by atomic mass is 35.5. The maximum absolute atomic E-state index is 13.5. The van der Waals surface area contributed by atoms with E-state index in [1.807, 2.05) is 0 Å². The number of nitrogens with zero attached hydrogens (tertiary/aromatic N) is 4. The molecule has 1 atom stereocenters. The molecule has 166 valence electrons. The topological polar surface area (TPSA) is 106 Å². The smallest absolute Gasteiger partial charge is 0.240 e. The number of ether oxygens (including phenoxy) is 1. The molecule has 2 aromatic rings. The average Bonchev–Trinajstić information content (AvgIpc) is 3.24. The van der Waals surface area contributed by atoms with Gasteiger partial charge in [0.1, 0.15) is 11.4 Å². The van der Waals surface area contributed by atoms with Crippen molar-refractivity contribution < 1.29 is 23.7 Å². The van der Waals surface area contributed by atoms with E-state index < -0.39 is 11.3 Å². The predicted octanol–water partition coefficient (Wildman–Crippen LogP) is 2.11. The van der Waals surface area contributed by atoms with Crippen molar-refractivity contribution in [2.45, 2.75) is 38.1 Å². The molecule has 3 rings (SSSR count). The first-order valence-electron chi connectivity index (χ1n) is 9.91. The molecule has 1 aliphatic heterocycles. The number of halogens is 1. The number of rotatable bonds is 9. The lowest BCUT2D eigenvalue weighted by Crippen LogP contribution is -2.43. The Morgan fingerprint density at radius 1 is 1.32 bits per heavy atom. The molecule has 0 radical (unpaired) electrons. The van der Waals surface area contributed by atoms with Gasteiger partial charge in [0, 0.05) is 45.2 Å². The molecule has 0 spiro atoms. The van der Waals surface area contributed by atoms with E-state index in [0.29, 0.717) is 35.0 Å². The van der Waals surface area contributed by atoms with Gasteiger partial charge >= 0.3 is 0 Å². The zero-order valence-electron chi connectivity index (χ0n) is 17.8. The van der Waals surface area contributed by atoms with Gasteiger partial charge in [0.2, 0.25) is 17.7 Å². The lowest BCUT2D eigenvalue weighted by molar-refractivity contribution is -0.142. The van der Waals surface area contributed by atoms with Crippen molar-refractivity contribution in [2.75, 3.05) is 27.3 Å². The van der Waals surface area contributed by atoms with Crippen molar-refractivity contribution in [3.8, 4) is 0 Å². The molecule has 1 aromatic carbocycles. The molecule has 2 heterocycles. The number of carbonyl (C=O) groups is 3. The molecule has 3 amide bonds. The Morgan fingerprint density at radius 3 is 2.71 bits per heavy atom. The summed E-state index contributed by atoms with van der Waals surface area (Å²) in [7, 11) is 3.16. The number of hydrogen-bond donors (Lipinski definition) is 0. The summed E-state index contributed by atoms with van der Waals surface area (Å²) in [6.07, 6.45) is 0.203. The van der Waals surface area contributed by atoms with Gasteiger partial charge in [-0.25, -0.2) is 4.63 Å². The molecular weight excluding hydrogens is 424 g/mol. The lowest BCUT2D eigenvalue weighted by Gasteiger charge is -2.29. The number of carbonyl (C=O) groups excluding carboxylic acids is 3. The highest BCUT2D eigenvalue weighted by Crippen LogP contribution is 2.43. The minimum absolute atomic E-state index is 0.118. The average molecular weight is 449 g/mol. The van der Waals surface area contributed by atoms with Crippen molar-refractivity contribution in [1.29, 1.82) is 0 Å². The molecule has 1 fully saturated rings. The van der Waals surface area contributed by atoms with Gasteiger partial charge in [0.05, 0.1) is 12.0 Å². The Labute approximate surface area is 185 Å². The quantitative estimate of drug-likeness (QED) is 0.427. The number of hydrogen-bond acceptors (Lipinski definition) is 7. The number of aryl methyl sites for hydroxylation is 1. The van der Waals surface area contributed by atoms with Crippen LogP contribution in [-0.4, -0.2) is 65.1 Å². The molecule has 0 unspecified atom stereocenters. The Balaban J connectivity index is 1.90. The molecule has 0 aliphatic carbocycles. The standard InChI is InChI=1S/C21H25ClN4O5/c1-14-17(24-31-23-14)13-25(2)18(27)11-21(15-7-4-5-8-16(15)22)12-19(28)26(20(21)29)9-6-10-30-3/h4-5,7-8H,6,9-13H2,1-3H3/t21-/m0/s1. The van der Waals surface area contributed by atoms with Gasteiger partial charge in [0.25, 0.3) is 0 Å². The van der Waals surface area contributed by atoms with Gasteiger partial charge < -0.3 is 9.64 Å². The summed E-state index contributed by atoms with van der Waals surface area (Å²) in [5.41, 5.74) is 0.227. The largest absolute Gasteiger partial charge is 0.385 e. The maximum atomic E-state index is 13.5. The van der Waals surface area contributed by atoms with Crippen molar-refractivity contribution in [3.63, 3.8) is 0 Å². The van der Waals surface area contributed by atoms with Gasteiger partial charge in [-0.2, -0.15) is 0 Å². The zero-order chi connectivity index (χ0) is 22.6. The van der Waals surface area contributed by atoms with Crippen LogP contribution in [0.3, 0.4) is 0 Å². The van der Waals surface area contributed by atoms with Crippen LogP contribution >= 0.6 is 11.6 Å². The van der Waals surface area contributed by atoms with E-state index in [1.165, 1.54) is 9.80 Å². The van der Waals surface area contributed by atoms with E-state index in [1.54, 1.807) is 45.3 Å². The first-order chi connectivity index (χ1) is 14.8. The molecule has 1 aromatic heterocycles. The Kier molecular flexibility index (Phi) is 7.07. The van der Waals surface area contributed by atoms with E-state index in [9.17, 15) is 14.4 Å². The van der Waals surface area contributed by atoms with Gasteiger partial charge in [-0.05, 0) is 25.0 Å². The molecule has 0 saturated carbocycles. The van der Waals surface area contributed by atoms with Gasteiger partial charge in [-0.15, -0.1) is 0 Å². The SMILES string of the molecule is COCCCN1C(=O)C[C@@](CC(=O)N(C)Cc2nonc2C)(c2ccccc2Cl)C1=O. The van der Waals surface area contributed by atoms with Crippen LogP contribution in [0.1, 0.15) is 36.2 Å². The summed E-state index contributed by atoms with van der Waals surface area (Å²) in [6.45, 7) is 2.55. The maximum Gasteiger partial charge on any atom is 0.240 e. The number of aromatic nitrogens is 2. The zero-order valence-corrected chi connectivity index (χ0v) is 18.5. The third-order valence-electron chi connectivity index (χ3n) is 5.54. The minimum atomic E-state index is -1.36. The van der Waals surface area contributed by atoms with Gasteiger partial charge in [0.15, 0.2) is 0 Å². The summed E-state index contributed by atoms with van der Waals surface area (Å²) >= 11 is 6.42. The first-order valence-corrected chi connectivity index (χ1v) is 10.3. The van der Waals surface area contributed by atoms with Crippen LogP contribution in [0.25, 0.3) is 0 Å². The van der Waals surface area contributed by atoms with Crippen LogP contribution < -0.4 is 0 Å². The third kappa shape index (κ3) is 4.62. The van der Waals surface area contributed by atoms with Crippen molar-refractivity contribution in [3.05, 3.63) is 46.2 Å². The number of methoxy groups -OCH3 is 1. The third-order valence-corrected chi connectivity index (χ3v) is 5.87. The highest BCUT2D eigenvalue weighted by molar-refractivity contribution is 6.32. The molecule has 1 aliphatic rings. The van der Waals surface area contributed by atoms with E-state index in [0.717, 1.165) is 0 Å². The van der Waals surface area contributed by atoms with E-state index in [2.05, 4.69) is 14.9 Å². The monoisotopic (exact) mass is 448 g/mol. The van der Waals surface area contributed by atoms with E-state index in [4.69, 9.17) is 16.3 Å². The second kappa shape index (κ2) is 9.57. The van der Waals surface area contributed by atoms with Crippen LogP contribution in [0.15, 0.2) is 28.9 Å². The predicted molar refractivity (Wildman–Crippen MR) is 111 cm³/mol. The summed E-state index contributed by atoms with van der Waals surface area (Å²) in [5, 5.41) is 7.86. The van der Waals surface area contributed by atoms with Crippen LogP contribution in [0.2, 0.25) is 5.02 Å². The summed E-state index contributed by atoms with van der Waals surface area (Å²) in [4.78, 5) is 42.1. The molecule has 1 saturated heterocycles.